The molecule has 0 aliphatic carbocycles. The van der Waals surface area contributed by atoms with Crippen LogP contribution in [0.5, 0.6) is 0 Å². The lowest BCUT2D eigenvalue weighted by Crippen LogP contribution is -2.40. The van der Waals surface area contributed by atoms with Gasteiger partial charge in [-0.25, -0.2) is 4.98 Å². The zero-order valence-corrected chi connectivity index (χ0v) is 12.4. The van der Waals surface area contributed by atoms with E-state index < -0.39 is 11.8 Å². The molecule has 2 rings (SSSR count). The number of carbonyl (C=O) groups is 2. The van der Waals surface area contributed by atoms with Gasteiger partial charge in [-0.2, -0.15) is 0 Å². The highest BCUT2D eigenvalue weighted by Gasteiger charge is 2.20. The molecule has 2 heterocycles. The Morgan fingerprint density at radius 1 is 1.14 bits per heavy atom. The van der Waals surface area contributed by atoms with Crippen LogP contribution in [0, 0.1) is 0 Å². The molecule has 6 nitrogen and oxygen atoms in total. The Morgan fingerprint density at radius 2 is 1.91 bits per heavy atom. The number of pyridine rings is 2. The summed E-state index contributed by atoms with van der Waals surface area (Å²) in [7, 11) is 0. The third-order valence-electron chi connectivity index (χ3n) is 3.19. The highest BCUT2D eigenvalue weighted by molar-refractivity contribution is 6.39. The summed E-state index contributed by atoms with van der Waals surface area (Å²) >= 11 is 0. The van der Waals surface area contributed by atoms with Crippen molar-refractivity contribution in [2.75, 3.05) is 18.4 Å². The van der Waals surface area contributed by atoms with E-state index in [2.05, 4.69) is 15.3 Å². The molecule has 2 aromatic heterocycles. The van der Waals surface area contributed by atoms with Crippen LogP contribution in [0.1, 0.15) is 12.5 Å². The van der Waals surface area contributed by atoms with Gasteiger partial charge >= 0.3 is 11.8 Å². The first-order valence-corrected chi connectivity index (χ1v) is 7.11. The van der Waals surface area contributed by atoms with Gasteiger partial charge in [-0.3, -0.25) is 14.6 Å². The van der Waals surface area contributed by atoms with E-state index in [-0.39, 0.29) is 0 Å². The van der Waals surface area contributed by atoms with E-state index in [0.717, 1.165) is 5.56 Å². The summed E-state index contributed by atoms with van der Waals surface area (Å²) in [6, 6.07) is 8.91. The number of nitrogens with one attached hydrogen (secondary N) is 1. The predicted octanol–water partition coefficient (Wildman–Crippen LogP) is 1.51. The molecule has 0 unspecified atom stereocenters. The summed E-state index contributed by atoms with van der Waals surface area (Å²) in [5.74, 6) is -0.858. The summed E-state index contributed by atoms with van der Waals surface area (Å²) in [5, 5.41) is 2.50. The number of hydrogen-bond acceptors (Lipinski definition) is 4. The topological polar surface area (TPSA) is 75.2 Å². The standard InChI is InChI=1S/C16H18N4O2/c1-2-20(12-8-13-6-10-17-11-7-13)16(22)15(21)19-14-5-3-4-9-18-14/h3-7,9-11H,2,8,12H2,1H3,(H,18,19,21). The molecular formula is C16H18N4O2. The molecule has 22 heavy (non-hydrogen) atoms. The van der Waals surface area contributed by atoms with Crippen LogP contribution in [0.25, 0.3) is 0 Å². The summed E-state index contributed by atoms with van der Waals surface area (Å²) in [5.41, 5.74) is 1.08. The molecule has 0 saturated heterocycles. The fourth-order valence-corrected chi connectivity index (χ4v) is 1.97. The first-order chi connectivity index (χ1) is 10.7. The molecule has 0 saturated carbocycles. The number of carbonyl (C=O) groups excluding carboxylic acids is 2. The van der Waals surface area contributed by atoms with Gasteiger partial charge in [-0.05, 0) is 43.2 Å². The van der Waals surface area contributed by atoms with Crippen molar-refractivity contribution in [1.29, 1.82) is 0 Å². The quantitative estimate of drug-likeness (QED) is 0.849. The van der Waals surface area contributed by atoms with E-state index in [1.54, 1.807) is 36.8 Å². The molecule has 2 amide bonds. The average molecular weight is 298 g/mol. The van der Waals surface area contributed by atoms with Crippen LogP contribution in [0.15, 0.2) is 48.9 Å². The maximum Gasteiger partial charge on any atom is 0.315 e. The van der Waals surface area contributed by atoms with Gasteiger partial charge in [-0.15, -0.1) is 0 Å². The van der Waals surface area contributed by atoms with Gasteiger partial charge in [0.05, 0.1) is 0 Å². The van der Waals surface area contributed by atoms with Crippen LogP contribution >= 0.6 is 0 Å². The van der Waals surface area contributed by atoms with Crippen LogP contribution in [-0.2, 0) is 16.0 Å². The summed E-state index contributed by atoms with van der Waals surface area (Å²) in [4.78, 5) is 33.6. The highest BCUT2D eigenvalue weighted by atomic mass is 16.2. The normalized spacial score (nSPS) is 10.0. The number of anilines is 1. The number of rotatable bonds is 5. The van der Waals surface area contributed by atoms with Crippen molar-refractivity contribution in [2.24, 2.45) is 0 Å². The van der Waals surface area contributed by atoms with Crippen molar-refractivity contribution in [2.45, 2.75) is 13.3 Å². The molecule has 0 aliphatic heterocycles. The van der Waals surface area contributed by atoms with E-state index in [1.807, 2.05) is 19.1 Å². The van der Waals surface area contributed by atoms with E-state index in [9.17, 15) is 9.59 Å². The Bertz CT molecular complexity index is 617. The lowest BCUT2D eigenvalue weighted by Gasteiger charge is -2.20. The summed E-state index contributed by atoms with van der Waals surface area (Å²) < 4.78 is 0. The van der Waals surface area contributed by atoms with Gasteiger partial charge in [0.1, 0.15) is 5.82 Å². The molecule has 0 spiro atoms. The molecule has 0 radical (unpaired) electrons. The number of hydrogen-bond donors (Lipinski definition) is 1. The summed E-state index contributed by atoms with van der Waals surface area (Å²) in [6.45, 7) is 2.80. The minimum atomic E-state index is -0.671. The fraction of sp³-hybridized carbons (Fsp3) is 0.250. The third kappa shape index (κ3) is 4.37. The van der Waals surface area contributed by atoms with Crippen molar-refractivity contribution in [1.82, 2.24) is 14.9 Å². The Kier molecular flexibility index (Phi) is 5.59. The second kappa shape index (κ2) is 7.87. The van der Waals surface area contributed by atoms with Crippen molar-refractivity contribution in [3.05, 3.63) is 54.5 Å². The molecule has 0 bridgehead atoms. The largest absolute Gasteiger partial charge is 0.334 e. The average Bonchev–Trinajstić information content (AvgIpc) is 2.57. The Balaban J connectivity index is 1.92. The highest BCUT2D eigenvalue weighted by Crippen LogP contribution is 2.03. The Morgan fingerprint density at radius 3 is 2.55 bits per heavy atom. The van der Waals surface area contributed by atoms with Crippen LogP contribution in [0.2, 0.25) is 0 Å². The van der Waals surface area contributed by atoms with Crippen LogP contribution in [0.4, 0.5) is 5.82 Å². The smallest absolute Gasteiger partial charge is 0.315 e. The first kappa shape index (κ1) is 15.6. The van der Waals surface area contributed by atoms with Crippen molar-refractivity contribution in [3.63, 3.8) is 0 Å². The molecule has 0 atom stereocenters. The van der Waals surface area contributed by atoms with Gasteiger partial charge in [0.25, 0.3) is 0 Å². The molecule has 2 aromatic rings. The van der Waals surface area contributed by atoms with Gasteiger partial charge in [-0.1, -0.05) is 6.07 Å². The van der Waals surface area contributed by atoms with E-state index >= 15 is 0 Å². The van der Waals surface area contributed by atoms with Crippen LogP contribution in [-0.4, -0.2) is 39.8 Å². The van der Waals surface area contributed by atoms with E-state index in [4.69, 9.17) is 0 Å². The van der Waals surface area contributed by atoms with Crippen molar-refractivity contribution in [3.8, 4) is 0 Å². The molecule has 6 heteroatoms. The Labute approximate surface area is 129 Å². The zero-order chi connectivity index (χ0) is 15.8. The maximum atomic E-state index is 12.2. The molecule has 0 fully saturated rings. The third-order valence-corrected chi connectivity index (χ3v) is 3.19. The van der Waals surface area contributed by atoms with Crippen LogP contribution < -0.4 is 5.32 Å². The predicted molar refractivity (Wildman–Crippen MR) is 83.1 cm³/mol. The lowest BCUT2D eigenvalue weighted by molar-refractivity contribution is -0.143. The summed E-state index contributed by atoms with van der Waals surface area (Å²) in [6.07, 6.45) is 5.66. The molecule has 114 valence electrons. The number of amides is 2. The number of aromatic nitrogens is 2. The van der Waals surface area contributed by atoms with Crippen molar-refractivity contribution < 1.29 is 9.59 Å². The SMILES string of the molecule is CCN(CCc1ccncc1)C(=O)C(=O)Nc1ccccn1. The zero-order valence-electron chi connectivity index (χ0n) is 12.4. The maximum absolute atomic E-state index is 12.2. The van der Waals surface area contributed by atoms with Gasteiger partial charge in [0.2, 0.25) is 0 Å². The molecule has 0 aliphatic rings. The van der Waals surface area contributed by atoms with E-state index in [0.29, 0.717) is 25.3 Å². The van der Waals surface area contributed by atoms with Gasteiger partial charge in [0.15, 0.2) is 0 Å². The molecule has 1 N–H and O–H groups in total. The van der Waals surface area contributed by atoms with Crippen LogP contribution in [0.3, 0.4) is 0 Å². The molecule has 0 aromatic carbocycles. The fourth-order valence-electron chi connectivity index (χ4n) is 1.97. The number of nitrogens with zero attached hydrogens (tertiary/aromatic N) is 3. The van der Waals surface area contributed by atoms with Crippen molar-refractivity contribution >= 4 is 17.6 Å². The second-order valence-electron chi connectivity index (χ2n) is 4.66. The van der Waals surface area contributed by atoms with Gasteiger partial charge in [0, 0.05) is 31.7 Å². The Hall–Kier alpha value is -2.76. The first-order valence-electron chi connectivity index (χ1n) is 7.11. The minimum absolute atomic E-state index is 0.367. The minimum Gasteiger partial charge on any atom is -0.334 e. The van der Waals surface area contributed by atoms with E-state index in [1.165, 1.54) is 4.90 Å². The van der Waals surface area contributed by atoms with Gasteiger partial charge < -0.3 is 10.2 Å². The number of likely N-dealkylation sites (N-methyl/N-ethyl adjacent to an activating group) is 1. The second-order valence-corrected chi connectivity index (χ2v) is 4.66. The monoisotopic (exact) mass is 298 g/mol. The lowest BCUT2D eigenvalue weighted by atomic mass is 10.2. The molecular weight excluding hydrogens is 280 g/mol.